The van der Waals surface area contributed by atoms with Gasteiger partial charge in [0.2, 0.25) is 0 Å². The Kier molecular flexibility index (Phi) is 2.00. The molecule has 2 amide bonds. The van der Waals surface area contributed by atoms with E-state index in [1.807, 2.05) is 5.32 Å². The molecule has 0 saturated heterocycles. The zero-order chi connectivity index (χ0) is 12.9. The van der Waals surface area contributed by atoms with Crippen molar-refractivity contribution < 1.29 is 19.1 Å². The number of carbonyl (C=O) groups excluding carboxylic acids is 3. The standard InChI is InChI=1S/C12H8N2O4/c1-18-6-4-2-3-5-7-9(13-8(5)6)11(16)14-12(17)10(7)15/h2-4,13H,1H3,(H,14,16,17). The van der Waals surface area contributed by atoms with Gasteiger partial charge in [-0.05, 0) is 6.07 Å². The highest BCUT2D eigenvalue weighted by Crippen LogP contribution is 2.31. The number of para-hydroxylation sites is 1. The number of rotatable bonds is 1. The van der Waals surface area contributed by atoms with Crippen LogP contribution in [0.2, 0.25) is 0 Å². The van der Waals surface area contributed by atoms with Crippen LogP contribution in [0, 0.1) is 0 Å². The summed E-state index contributed by atoms with van der Waals surface area (Å²) in [6, 6.07) is 5.06. The van der Waals surface area contributed by atoms with E-state index in [1.54, 1.807) is 18.2 Å². The maximum absolute atomic E-state index is 11.8. The fourth-order valence-corrected chi connectivity index (χ4v) is 2.10. The number of fused-ring (bicyclic) bond motifs is 3. The van der Waals surface area contributed by atoms with Crippen LogP contribution in [0.25, 0.3) is 10.9 Å². The van der Waals surface area contributed by atoms with Gasteiger partial charge in [0.1, 0.15) is 11.4 Å². The molecule has 6 nitrogen and oxygen atoms in total. The number of carbonyl (C=O) groups is 3. The maximum atomic E-state index is 11.8. The van der Waals surface area contributed by atoms with E-state index in [-0.39, 0.29) is 11.3 Å². The van der Waals surface area contributed by atoms with Crippen LogP contribution in [0.5, 0.6) is 5.75 Å². The monoisotopic (exact) mass is 244 g/mol. The molecule has 0 radical (unpaired) electrons. The molecule has 0 atom stereocenters. The molecule has 0 saturated carbocycles. The molecular weight excluding hydrogens is 236 g/mol. The van der Waals surface area contributed by atoms with Gasteiger partial charge in [0.15, 0.2) is 0 Å². The molecule has 1 aromatic carbocycles. The van der Waals surface area contributed by atoms with Gasteiger partial charge in [-0.3, -0.25) is 19.7 Å². The molecule has 18 heavy (non-hydrogen) atoms. The van der Waals surface area contributed by atoms with Crippen molar-refractivity contribution in [3.63, 3.8) is 0 Å². The molecular formula is C12H8N2O4. The van der Waals surface area contributed by atoms with Crippen molar-refractivity contribution >= 4 is 28.5 Å². The first-order valence-corrected chi connectivity index (χ1v) is 5.22. The molecule has 0 unspecified atom stereocenters. The summed E-state index contributed by atoms with van der Waals surface area (Å²) in [5.74, 6) is -1.72. The first kappa shape index (κ1) is 10.5. The van der Waals surface area contributed by atoms with Crippen molar-refractivity contribution in [2.24, 2.45) is 0 Å². The number of Topliss-reactive ketones (excluding diaryl/α,β-unsaturated/α-hetero) is 1. The van der Waals surface area contributed by atoms with Gasteiger partial charge < -0.3 is 9.72 Å². The van der Waals surface area contributed by atoms with E-state index in [2.05, 4.69) is 4.98 Å². The minimum absolute atomic E-state index is 0.0964. The fraction of sp³-hybridized carbons (Fsp3) is 0.0833. The fourth-order valence-electron chi connectivity index (χ4n) is 2.10. The highest BCUT2D eigenvalue weighted by molar-refractivity contribution is 6.51. The quantitative estimate of drug-likeness (QED) is 0.568. The summed E-state index contributed by atoms with van der Waals surface area (Å²) in [4.78, 5) is 37.6. The number of H-pyrrole nitrogens is 1. The Morgan fingerprint density at radius 1 is 1.11 bits per heavy atom. The number of ketones is 1. The van der Waals surface area contributed by atoms with Gasteiger partial charge >= 0.3 is 0 Å². The summed E-state index contributed by atoms with van der Waals surface area (Å²) in [7, 11) is 1.49. The lowest BCUT2D eigenvalue weighted by molar-refractivity contribution is -0.116. The second-order valence-corrected chi connectivity index (χ2v) is 3.87. The van der Waals surface area contributed by atoms with Gasteiger partial charge in [-0.25, -0.2) is 0 Å². The van der Waals surface area contributed by atoms with Crippen LogP contribution in [0.1, 0.15) is 20.8 Å². The van der Waals surface area contributed by atoms with Gasteiger partial charge in [-0.1, -0.05) is 12.1 Å². The number of hydrogen-bond donors (Lipinski definition) is 2. The van der Waals surface area contributed by atoms with Crippen LogP contribution in [0.15, 0.2) is 18.2 Å². The minimum Gasteiger partial charge on any atom is -0.495 e. The van der Waals surface area contributed by atoms with Crippen molar-refractivity contribution in [3.05, 3.63) is 29.5 Å². The molecule has 3 rings (SSSR count). The number of methoxy groups -OCH3 is 1. The van der Waals surface area contributed by atoms with Crippen molar-refractivity contribution in [1.29, 1.82) is 0 Å². The Bertz CT molecular complexity index is 714. The number of hydrogen-bond acceptors (Lipinski definition) is 4. The van der Waals surface area contributed by atoms with Gasteiger partial charge in [0, 0.05) is 5.39 Å². The van der Waals surface area contributed by atoms with Crippen LogP contribution in [0.4, 0.5) is 0 Å². The summed E-state index contributed by atoms with van der Waals surface area (Å²) in [5.41, 5.74) is 0.736. The van der Waals surface area contributed by atoms with Crippen molar-refractivity contribution in [3.8, 4) is 5.75 Å². The second-order valence-electron chi connectivity index (χ2n) is 3.87. The van der Waals surface area contributed by atoms with E-state index >= 15 is 0 Å². The summed E-state index contributed by atoms with van der Waals surface area (Å²) in [5, 5.41) is 2.50. The first-order chi connectivity index (χ1) is 8.63. The van der Waals surface area contributed by atoms with Crippen LogP contribution >= 0.6 is 0 Å². The maximum Gasteiger partial charge on any atom is 0.299 e. The van der Waals surface area contributed by atoms with E-state index in [0.717, 1.165) is 0 Å². The number of aromatic amines is 1. The number of amides is 2. The molecule has 0 spiro atoms. The molecule has 2 N–H and O–H groups in total. The predicted octanol–water partition coefficient (Wildman–Crippen LogP) is 0.629. The van der Waals surface area contributed by atoms with Gasteiger partial charge in [-0.15, -0.1) is 0 Å². The Balaban J connectivity index is 2.42. The van der Waals surface area contributed by atoms with Crippen molar-refractivity contribution in [2.45, 2.75) is 0 Å². The SMILES string of the molecule is COc1cccc2c3c([nH]c12)C(=O)NC(=O)C3=O. The van der Waals surface area contributed by atoms with E-state index in [0.29, 0.717) is 16.7 Å². The summed E-state index contributed by atoms with van der Waals surface area (Å²) >= 11 is 0. The van der Waals surface area contributed by atoms with Crippen LogP contribution in [-0.2, 0) is 4.79 Å². The Hall–Kier alpha value is -2.63. The zero-order valence-electron chi connectivity index (χ0n) is 9.37. The van der Waals surface area contributed by atoms with Crippen LogP contribution in [-0.4, -0.2) is 29.7 Å². The van der Waals surface area contributed by atoms with Crippen LogP contribution < -0.4 is 10.1 Å². The molecule has 2 aromatic rings. The zero-order valence-corrected chi connectivity index (χ0v) is 9.37. The molecule has 6 heteroatoms. The molecule has 1 aliphatic heterocycles. The second kappa shape index (κ2) is 3.43. The minimum atomic E-state index is -0.906. The van der Waals surface area contributed by atoms with E-state index in [9.17, 15) is 14.4 Å². The van der Waals surface area contributed by atoms with Gasteiger partial charge in [-0.2, -0.15) is 0 Å². The number of aromatic nitrogens is 1. The van der Waals surface area contributed by atoms with Gasteiger partial charge in [0.05, 0.1) is 18.2 Å². The lowest BCUT2D eigenvalue weighted by Gasteiger charge is -2.09. The third-order valence-electron chi connectivity index (χ3n) is 2.90. The Morgan fingerprint density at radius 3 is 2.61 bits per heavy atom. The molecule has 2 heterocycles. The predicted molar refractivity (Wildman–Crippen MR) is 61.7 cm³/mol. The number of benzene rings is 1. The third-order valence-corrected chi connectivity index (χ3v) is 2.90. The highest BCUT2D eigenvalue weighted by atomic mass is 16.5. The Labute approximate surface area is 101 Å². The topological polar surface area (TPSA) is 88.3 Å². The smallest absolute Gasteiger partial charge is 0.299 e. The van der Waals surface area contributed by atoms with E-state index in [1.165, 1.54) is 7.11 Å². The van der Waals surface area contributed by atoms with Crippen molar-refractivity contribution in [2.75, 3.05) is 7.11 Å². The molecule has 0 aliphatic carbocycles. The van der Waals surface area contributed by atoms with Gasteiger partial charge in [0.25, 0.3) is 17.6 Å². The summed E-state index contributed by atoms with van der Waals surface area (Å²) in [6.07, 6.45) is 0. The van der Waals surface area contributed by atoms with E-state index in [4.69, 9.17) is 4.74 Å². The average molecular weight is 244 g/mol. The highest BCUT2D eigenvalue weighted by Gasteiger charge is 2.34. The lowest BCUT2D eigenvalue weighted by Crippen LogP contribution is -2.41. The van der Waals surface area contributed by atoms with E-state index < -0.39 is 17.6 Å². The average Bonchev–Trinajstić information content (AvgIpc) is 2.75. The molecule has 0 bridgehead atoms. The third kappa shape index (κ3) is 1.20. The lowest BCUT2D eigenvalue weighted by atomic mass is 10.0. The molecule has 1 aromatic heterocycles. The van der Waals surface area contributed by atoms with Crippen molar-refractivity contribution in [1.82, 2.24) is 10.3 Å². The number of nitrogens with one attached hydrogen (secondary N) is 2. The van der Waals surface area contributed by atoms with Crippen LogP contribution in [0.3, 0.4) is 0 Å². The first-order valence-electron chi connectivity index (χ1n) is 5.22. The molecule has 90 valence electrons. The molecule has 1 aliphatic rings. The number of ether oxygens (including phenoxy) is 1. The largest absolute Gasteiger partial charge is 0.495 e. The number of imide groups is 1. The summed E-state index contributed by atoms with van der Waals surface area (Å²) in [6.45, 7) is 0. The normalized spacial score (nSPS) is 14.6. The Morgan fingerprint density at radius 2 is 1.89 bits per heavy atom. The molecule has 0 fully saturated rings. The summed E-state index contributed by atoms with van der Waals surface area (Å²) < 4.78 is 5.14.